The molecule has 1 aliphatic carbocycles. The van der Waals surface area contributed by atoms with Crippen molar-refractivity contribution in [3.63, 3.8) is 0 Å². The van der Waals surface area contributed by atoms with Gasteiger partial charge < -0.3 is 10.4 Å². The molecular formula is C14H20N2O3S. The number of amides is 1. The number of carbonyl (C=O) groups excluding carboxylic acids is 1. The number of hydrogen-bond donors (Lipinski definition) is 2. The summed E-state index contributed by atoms with van der Waals surface area (Å²) in [5.74, 6) is -0.932. The number of nitrogens with zero attached hydrogens (tertiary/aromatic N) is 1. The molecule has 1 atom stereocenters. The Morgan fingerprint density at radius 1 is 1.50 bits per heavy atom. The molecule has 0 saturated heterocycles. The number of carbonyl (C=O) groups is 2. The summed E-state index contributed by atoms with van der Waals surface area (Å²) in [6.07, 6.45) is 2.63. The maximum absolute atomic E-state index is 12.1. The van der Waals surface area contributed by atoms with Crippen LogP contribution in [0.5, 0.6) is 0 Å². The van der Waals surface area contributed by atoms with Gasteiger partial charge in [0.1, 0.15) is 11.7 Å². The minimum atomic E-state index is -0.975. The van der Waals surface area contributed by atoms with Crippen LogP contribution in [-0.2, 0) is 10.2 Å². The predicted molar refractivity (Wildman–Crippen MR) is 77.0 cm³/mol. The molecule has 0 spiro atoms. The fraction of sp³-hybridized carbons (Fsp3) is 0.643. The molecule has 0 bridgehead atoms. The summed E-state index contributed by atoms with van der Waals surface area (Å²) in [6.45, 7) is 6.09. The molecule has 1 amide bonds. The molecule has 2 rings (SSSR count). The molecule has 1 aliphatic rings. The van der Waals surface area contributed by atoms with Crippen molar-refractivity contribution in [3.8, 4) is 0 Å². The second-order valence-electron chi connectivity index (χ2n) is 6.33. The molecule has 2 N–H and O–H groups in total. The Morgan fingerprint density at radius 2 is 2.15 bits per heavy atom. The highest BCUT2D eigenvalue weighted by Gasteiger charge is 2.31. The molecule has 0 aromatic carbocycles. The summed E-state index contributed by atoms with van der Waals surface area (Å²) < 4.78 is 0. The standard InChI is InChI=1S/C14H20N2O3S/c1-14(2,3)13-16-10(7-20-13)11(17)15-9(12(18)19)6-8-4-5-8/h7-9H,4-6H2,1-3H3,(H,15,17)(H,18,19). The third-order valence-corrected chi connectivity index (χ3v) is 4.52. The average molecular weight is 296 g/mol. The number of hydrogen-bond acceptors (Lipinski definition) is 4. The van der Waals surface area contributed by atoms with Crippen LogP contribution in [0, 0.1) is 5.92 Å². The van der Waals surface area contributed by atoms with E-state index in [9.17, 15) is 9.59 Å². The number of thiazole rings is 1. The number of aliphatic carboxylic acids is 1. The summed E-state index contributed by atoms with van der Waals surface area (Å²) in [6, 6.07) is -0.810. The zero-order valence-corrected chi connectivity index (χ0v) is 12.8. The monoisotopic (exact) mass is 296 g/mol. The average Bonchev–Trinajstić information content (AvgIpc) is 2.99. The summed E-state index contributed by atoms with van der Waals surface area (Å²) in [5.41, 5.74) is 0.200. The number of carboxylic acid groups (broad SMARTS) is 1. The predicted octanol–water partition coefficient (Wildman–Crippen LogP) is 2.42. The maximum Gasteiger partial charge on any atom is 0.326 e. The first-order valence-corrected chi connectivity index (χ1v) is 7.65. The third kappa shape index (κ3) is 3.79. The van der Waals surface area contributed by atoms with E-state index in [1.165, 1.54) is 11.3 Å². The lowest BCUT2D eigenvalue weighted by Gasteiger charge is -2.14. The van der Waals surface area contributed by atoms with E-state index in [1.807, 2.05) is 20.8 Å². The fourth-order valence-electron chi connectivity index (χ4n) is 1.86. The third-order valence-electron chi connectivity index (χ3n) is 3.25. The molecule has 6 heteroatoms. The van der Waals surface area contributed by atoms with E-state index in [0.29, 0.717) is 18.0 Å². The summed E-state index contributed by atoms with van der Waals surface area (Å²) in [5, 5.41) is 14.3. The fourth-order valence-corrected chi connectivity index (χ4v) is 2.75. The van der Waals surface area contributed by atoms with E-state index in [1.54, 1.807) is 5.38 Å². The second-order valence-corrected chi connectivity index (χ2v) is 7.19. The van der Waals surface area contributed by atoms with E-state index in [2.05, 4.69) is 10.3 Å². The van der Waals surface area contributed by atoms with Gasteiger partial charge in [0, 0.05) is 10.8 Å². The van der Waals surface area contributed by atoms with E-state index < -0.39 is 17.9 Å². The zero-order chi connectivity index (χ0) is 14.9. The molecule has 1 heterocycles. The Bertz CT molecular complexity index is 515. The largest absolute Gasteiger partial charge is 0.480 e. The van der Waals surface area contributed by atoms with Crippen LogP contribution in [-0.4, -0.2) is 28.0 Å². The Hall–Kier alpha value is -1.43. The van der Waals surface area contributed by atoms with Gasteiger partial charge in [-0.3, -0.25) is 4.79 Å². The van der Waals surface area contributed by atoms with Gasteiger partial charge in [-0.15, -0.1) is 11.3 Å². The van der Waals surface area contributed by atoms with Gasteiger partial charge in [-0.2, -0.15) is 0 Å². The quantitative estimate of drug-likeness (QED) is 0.874. The number of aromatic nitrogens is 1. The van der Waals surface area contributed by atoms with Crippen molar-refractivity contribution >= 4 is 23.2 Å². The van der Waals surface area contributed by atoms with Gasteiger partial charge in [0.2, 0.25) is 0 Å². The lowest BCUT2D eigenvalue weighted by atomic mass is 9.98. The number of nitrogens with one attached hydrogen (secondary N) is 1. The molecule has 20 heavy (non-hydrogen) atoms. The van der Waals surface area contributed by atoms with Gasteiger partial charge in [-0.25, -0.2) is 9.78 Å². The minimum absolute atomic E-state index is 0.108. The first kappa shape index (κ1) is 15.0. The topological polar surface area (TPSA) is 79.3 Å². The van der Waals surface area contributed by atoms with Gasteiger partial charge >= 0.3 is 5.97 Å². The molecule has 5 nitrogen and oxygen atoms in total. The van der Waals surface area contributed by atoms with Gasteiger partial charge in [-0.1, -0.05) is 33.6 Å². The van der Waals surface area contributed by atoms with Crippen molar-refractivity contribution in [2.24, 2.45) is 5.92 Å². The molecule has 0 aliphatic heterocycles. The van der Waals surface area contributed by atoms with E-state index in [-0.39, 0.29) is 5.41 Å². The molecule has 1 fully saturated rings. The van der Waals surface area contributed by atoms with Crippen LogP contribution >= 0.6 is 11.3 Å². The van der Waals surface area contributed by atoms with Crippen LogP contribution in [0.15, 0.2) is 5.38 Å². The van der Waals surface area contributed by atoms with Crippen molar-refractivity contribution in [2.75, 3.05) is 0 Å². The second kappa shape index (κ2) is 5.52. The summed E-state index contributed by atoms with van der Waals surface area (Å²) in [4.78, 5) is 27.5. The van der Waals surface area contributed by atoms with Crippen molar-refractivity contribution < 1.29 is 14.7 Å². The highest BCUT2D eigenvalue weighted by Crippen LogP contribution is 2.33. The molecule has 1 aromatic rings. The van der Waals surface area contributed by atoms with Crippen LogP contribution < -0.4 is 5.32 Å². The number of carboxylic acids is 1. The van der Waals surface area contributed by atoms with E-state index in [4.69, 9.17) is 5.11 Å². The van der Waals surface area contributed by atoms with Crippen LogP contribution in [0.3, 0.4) is 0 Å². The molecular weight excluding hydrogens is 276 g/mol. The van der Waals surface area contributed by atoms with Gasteiger partial charge in [0.15, 0.2) is 0 Å². The van der Waals surface area contributed by atoms with E-state index in [0.717, 1.165) is 17.8 Å². The maximum atomic E-state index is 12.1. The van der Waals surface area contributed by atoms with Crippen LogP contribution in [0.25, 0.3) is 0 Å². The summed E-state index contributed by atoms with van der Waals surface area (Å²) in [7, 11) is 0. The van der Waals surface area contributed by atoms with Crippen molar-refractivity contribution in [1.82, 2.24) is 10.3 Å². The normalized spacial score (nSPS) is 16.8. The first-order chi connectivity index (χ1) is 9.27. The Labute approximate surface area is 122 Å². The first-order valence-electron chi connectivity index (χ1n) is 6.77. The molecule has 1 saturated carbocycles. The Balaban J connectivity index is 2.02. The Kier molecular flexibility index (Phi) is 4.13. The highest BCUT2D eigenvalue weighted by molar-refractivity contribution is 7.10. The van der Waals surface area contributed by atoms with Crippen LogP contribution in [0.1, 0.15) is 55.5 Å². The van der Waals surface area contributed by atoms with Crippen molar-refractivity contribution in [3.05, 3.63) is 16.1 Å². The lowest BCUT2D eigenvalue weighted by molar-refractivity contribution is -0.139. The minimum Gasteiger partial charge on any atom is -0.480 e. The summed E-state index contributed by atoms with van der Waals surface area (Å²) >= 11 is 1.43. The number of rotatable bonds is 5. The van der Waals surface area contributed by atoms with Crippen LogP contribution in [0.4, 0.5) is 0 Å². The molecule has 110 valence electrons. The van der Waals surface area contributed by atoms with Gasteiger partial charge in [-0.05, 0) is 12.3 Å². The Morgan fingerprint density at radius 3 is 2.60 bits per heavy atom. The SMILES string of the molecule is CC(C)(C)c1nc(C(=O)NC(CC2CC2)C(=O)O)cs1. The van der Waals surface area contributed by atoms with Crippen molar-refractivity contribution in [2.45, 2.75) is 51.5 Å². The smallest absolute Gasteiger partial charge is 0.326 e. The molecule has 1 unspecified atom stereocenters. The van der Waals surface area contributed by atoms with E-state index >= 15 is 0 Å². The van der Waals surface area contributed by atoms with Crippen molar-refractivity contribution in [1.29, 1.82) is 0 Å². The lowest BCUT2D eigenvalue weighted by Crippen LogP contribution is -2.41. The highest BCUT2D eigenvalue weighted by atomic mass is 32.1. The van der Waals surface area contributed by atoms with Crippen LogP contribution in [0.2, 0.25) is 0 Å². The zero-order valence-electron chi connectivity index (χ0n) is 12.0. The van der Waals surface area contributed by atoms with Gasteiger partial charge in [0.25, 0.3) is 5.91 Å². The molecule has 0 radical (unpaired) electrons. The van der Waals surface area contributed by atoms with Gasteiger partial charge in [0.05, 0.1) is 5.01 Å². The molecule has 1 aromatic heterocycles.